The number of nitrogens with zero attached hydrogens (tertiary/aromatic N) is 1. The van der Waals surface area contributed by atoms with Gasteiger partial charge in [-0.25, -0.2) is 4.98 Å². The molecule has 0 unspecified atom stereocenters. The van der Waals surface area contributed by atoms with Gasteiger partial charge in [-0.2, -0.15) is 0 Å². The van der Waals surface area contributed by atoms with E-state index in [0.717, 1.165) is 11.3 Å². The molecule has 13 heavy (non-hydrogen) atoms. The van der Waals surface area contributed by atoms with Crippen LogP contribution < -0.4 is 5.32 Å². The van der Waals surface area contributed by atoms with E-state index in [9.17, 15) is 4.79 Å². The summed E-state index contributed by atoms with van der Waals surface area (Å²) in [5.41, 5.74) is 1.75. The first-order chi connectivity index (χ1) is 6.13. The summed E-state index contributed by atoms with van der Waals surface area (Å²) in [6, 6.07) is 1.88. The zero-order valence-electron chi connectivity index (χ0n) is 7.60. The molecule has 0 aliphatic carbocycles. The third-order valence-corrected chi connectivity index (χ3v) is 2.20. The van der Waals surface area contributed by atoms with Gasteiger partial charge in [-0.1, -0.05) is 6.92 Å². The summed E-state index contributed by atoms with van der Waals surface area (Å²) in [6.07, 6.45) is 2.21. The van der Waals surface area contributed by atoms with Crippen molar-refractivity contribution >= 4 is 27.5 Å². The second kappa shape index (κ2) is 4.37. The first-order valence-electron chi connectivity index (χ1n) is 4.05. The van der Waals surface area contributed by atoms with Crippen molar-refractivity contribution < 1.29 is 4.79 Å². The fraction of sp³-hybridized carbons (Fsp3) is 0.333. The van der Waals surface area contributed by atoms with Crippen molar-refractivity contribution in [3.63, 3.8) is 0 Å². The Hall–Kier alpha value is -0.900. The topological polar surface area (TPSA) is 42.0 Å². The van der Waals surface area contributed by atoms with Gasteiger partial charge >= 0.3 is 0 Å². The average Bonchev–Trinajstić information content (AvgIpc) is 2.11. The Morgan fingerprint density at radius 2 is 2.38 bits per heavy atom. The maximum atomic E-state index is 11.1. The summed E-state index contributed by atoms with van der Waals surface area (Å²) in [4.78, 5) is 15.2. The highest BCUT2D eigenvalue weighted by Gasteiger charge is 2.04. The fourth-order valence-electron chi connectivity index (χ4n) is 0.879. The molecule has 0 saturated carbocycles. The van der Waals surface area contributed by atoms with Gasteiger partial charge in [0.1, 0.15) is 4.60 Å². The summed E-state index contributed by atoms with van der Waals surface area (Å²) in [5.74, 6) is -0.00639. The highest BCUT2D eigenvalue weighted by atomic mass is 79.9. The van der Waals surface area contributed by atoms with E-state index in [4.69, 9.17) is 0 Å². The van der Waals surface area contributed by atoms with Crippen LogP contribution >= 0.6 is 15.9 Å². The predicted octanol–water partition coefficient (Wildman–Crippen LogP) is 2.50. The standard InChI is InChI=1S/C9H11BrN2O/c1-3-8(13)12-7-4-6(2)5-11-9(7)10/h4-5H,3H2,1-2H3,(H,12,13). The maximum Gasteiger partial charge on any atom is 0.224 e. The number of rotatable bonds is 2. The Morgan fingerprint density at radius 1 is 1.69 bits per heavy atom. The van der Waals surface area contributed by atoms with Crippen LogP contribution in [0.25, 0.3) is 0 Å². The molecule has 1 amide bonds. The second-order valence-corrected chi connectivity index (χ2v) is 3.50. The lowest BCUT2D eigenvalue weighted by Gasteiger charge is -2.05. The van der Waals surface area contributed by atoms with Crippen LogP contribution in [0.2, 0.25) is 0 Å². The van der Waals surface area contributed by atoms with E-state index in [1.54, 1.807) is 6.20 Å². The van der Waals surface area contributed by atoms with Gasteiger partial charge in [0.15, 0.2) is 0 Å². The summed E-state index contributed by atoms with van der Waals surface area (Å²) < 4.78 is 0.667. The van der Waals surface area contributed by atoms with E-state index >= 15 is 0 Å². The molecule has 1 rings (SSSR count). The summed E-state index contributed by atoms with van der Waals surface area (Å²) in [6.45, 7) is 3.74. The van der Waals surface area contributed by atoms with E-state index in [0.29, 0.717) is 11.0 Å². The molecule has 0 atom stereocenters. The second-order valence-electron chi connectivity index (χ2n) is 2.75. The van der Waals surface area contributed by atoms with Gasteiger partial charge in [-0.05, 0) is 34.5 Å². The van der Waals surface area contributed by atoms with E-state index in [1.807, 2.05) is 19.9 Å². The Kier molecular flexibility index (Phi) is 3.42. The molecule has 1 aromatic rings. The number of amides is 1. The molecular weight excluding hydrogens is 232 g/mol. The molecule has 0 aromatic carbocycles. The highest BCUT2D eigenvalue weighted by Crippen LogP contribution is 2.20. The van der Waals surface area contributed by atoms with Crippen LogP contribution in [-0.2, 0) is 4.79 Å². The van der Waals surface area contributed by atoms with Crippen LogP contribution in [0, 0.1) is 6.92 Å². The molecular formula is C9H11BrN2O. The highest BCUT2D eigenvalue weighted by molar-refractivity contribution is 9.10. The molecule has 1 heterocycles. The zero-order chi connectivity index (χ0) is 9.84. The molecule has 0 bridgehead atoms. The fourth-order valence-corrected chi connectivity index (χ4v) is 1.19. The van der Waals surface area contributed by atoms with Gasteiger partial charge in [-0.3, -0.25) is 4.79 Å². The van der Waals surface area contributed by atoms with Gasteiger partial charge < -0.3 is 5.32 Å². The Bertz CT molecular complexity index is 325. The lowest BCUT2D eigenvalue weighted by molar-refractivity contribution is -0.115. The zero-order valence-corrected chi connectivity index (χ0v) is 9.18. The molecule has 1 N–H and O–H groups in total. The number of aryl methyl sites for hydroxylation is 1. The predicted molar refractivity (Wildman–Crippen MR) is 55.6 cm³/mol. The van der Waals surface area contributed by atoms with Crippen LogP contribution in [0.3, 0.4) is 0 Å². The van der Waals surface area contributed by atoms with Crippen LogP contribution in [0.5, 0.6) is 0 Å². The molecule has 0 saturated heterocycles. The number of anilines is 1. The van der Waals surface area contributed by atoms with E-state index in [-0.39, 0.29) is 5.91 Å². The van der Waals surface area contributed by atoms with Gasteiger partial charge in [0.05, 0.1) is 5.69 Å². The maximum absolute atomic E-state index is 11.1. The average molecular weight is 243 g/mol. The molecule has 0 fully saturated rings. The number of aromatic nitrogens is 1. The number of halogens is 1. The molecule has 0 radical (unpaired) electrons. The molecule has 0 aliphatic rings. The molecule has 70 valence electrons. The Labute approximate surface area is 85.7 Å². The first-order valence-corrected chi connectivity index (χ1v) is 4.84. The minimum absolute atomic E-state index is 0.00639. The van der Waals surface area contributed by atoms with Crippen molar-refractivity contribution in [3.05, 3.63) is 22.4 Å². The number of hydrogen-bond acceptors (Lipinski definition) is 2. The summed E-state index contributed by atoms with van der Waals surface area (Å²) in [5, 5.41) is 2.75. The number of carbonyl (C=O) groups is 1. The molecule has 1 aromatic heterocycles. The van der Waals surface area contributed by atoms with E-state index < -0.39 is 0 Å². The van der Waals surface area contributed by atoms with Gasteiger partial charge in [0.25, 0.3) is 0 Å². The quantitative estimate of drug-likeness (QED) is 0.811. The normalized spacial score (nSPS) is 9.77. The SMILES string of the molecule is CCC(=O)Nc1cc(C)cnc1Br. The Balaban J connectivity index is 2.87. The summed E-state index contributed by atoms with van der Waals surface area (Å²) in [7, 11) is 0. The van der Waals surface area contributed by atoms with E-state index in [2.05, 4.69) is 26.2 Å². The van der Waals surface area contributed by atoms with Crippen LogP contribution in [-0.4, -0.2) is 10.9 Å². The monoisotopic (exact) mass is 242 g/mol. The Morgan fingerprint density at radius 3 is 3.00 bits per heavy atom. The molecule has 0 aliphatic heterocycles. The van der Waals surface area contributed by atoms with E-state index in [1.165, 1.54) is 0 Å². The largest absolute Gasteiger partial charge is 0.324 e. The lowest BCUT2D eigenvalue weighted by Crippen LogP contribution is -2.10. The number of pyridine rings is 1. The minimum atomic E-state index is -0.00639. The van der Waals surface area contributed by atoms with Crippen molar-refractivity contribution in [2.45, 2.75) is 20.3 Å². The van der Waals surface area contributed by atoms with Crippen molar-refractivity contribution in [3.8, 4) is 0 Å². The van der Waals surface area contributed by atoms with Crippen LogP contribution in [0.15, 0.2) is 16.9 Å². The third kappa shape index (κ3) is 2.81. The third-order valence-electron chi connectivity index (χ3n) is 1.57. The minimum Gasteiger partial charge on any atom is -0.324 e. The van der Waals surface area contributed by atoms with Crippen molar-refractivity contribution in [1.29, 1.82) is 0 Å². The summed E-state index contributed by atoms with van der Waals surface area (Å²) >= 11 is 3.26. The first kappa shape index (κ1) is 10.2. The van der Waals surface area contributed by atoms with Crippen LogP contribution in [0.4, 0.5) is 5.69 Å². The number of hydrogen-bond donors (Lipinski definition) is 1. The molecule has 3 nitrogen and oxygen atoms in total. The van der Waals surface area contributed by atoms with Gasteiger partial charge in [-0.15, -0.1) is 0 Å². The molecule has 0 spiro atoms. The lowest BCUT2D eigenvalue weighted by atomic mass is 10.3. The molecule has 4 heteroatoms. The number of carbonyl (C=O) groups excluding carboxylic acids is 1. The van der Waals surface area contributed by atoms with Crippen molar-refractivity contribution in [2.24, 2.45) is 0 Å². The van der Waals surface area contributed by atoms with Gasteiger partial charge in [0.2, 0.25) is 5.91 Å². The number of nitrogens with one attached hydrogen (secondary N) is 1. The van der Waals surface area contributed by atoms with Crippen LogP contribution in [0.1, 0.15) is 18.9 Å². The van der Waals surface area contributed by atoms with Crippen molar-refractivity contribution in [1.82, 2.24) is 4.98 Å². The van der Waals surface area contributed by atoms with Gasteiger partial charge in [0, 0.05) is 12.6 Å². The smallest absolute Gasteiger partial charge is 0.224 e. The van der Waals surface area contributed by atoms with Crippen molar-refractivity contribution in [2.75, 3.05) is 5.32 Å².